The molecular weight excluding hydrogens is 288 g/mol. The Morgan fingerprint density at radius 3 is 2.65 bits per heavy atom. The van der Waals surface area contributed by atoms with Crippen LogP contribution in [0.2, 0.25) is 0 Å². The van der Waals surface area contributed by atoms with E-state index in [2.05, 4.69) is 25.4 Å². The van der Waals surface area contributed by atoms with E-state index >= 15 is 0 Å². The van der Waals surface area contributed by atoms with Crippen LogP contribution in [-0.4, -0.2) is 52.3 Å². The summed E-state index contributed by atoms with van der Waals surface area (Å²) in [4.78, 5) is 6.98. The highest BCUT2D eigenvalue weighted by Crippen LogP contribution is 2.43. The van der Waals surface area contributed by atoms with Gasteiger partial charge in [-0.1, -0.05) is 19.3 Å². The summed E-state index contributed by atoms with van der Waals surface area (Å²) in [6.07, 6.45) is 14.3. The van der Waals surface area contributed by atoms with Gasteiger partial charge in [-0.05, 0) is 37.5 Å². The van der Waals surface area contributed by atoms with Gasteiger partial charge in [-0.3, -0.25) is 4.99 Å². The summed E-state index contributed by atoms with van der Waals surface area (Å²) in [6.45, 7) is 4.34. The number of aryl methyl sites for hydroxylation is 1. The molecule has 0 radical (unpaired) electrons. The van der Waals surface area contributed by atoms with Gasteiger partial charge in [0.1, 0.15) is 12.7 Å². The van der Waals surface area contributed by atoms with Crippen molar-refractivity contribution in [1.82, 2.24) is 25.0 Å². The molecule has 3 rings (SSSR count). The first-order valence-electron chi connectivity index (χ1n) is 9.09. The van der Waals surface area contributed by atoms with Crippen LogP contribution in [-0.2, 0) is 6.54 Å². The molecule has 2 fully saturated rings. The molecule has 0 atom stereocenters. The van der Waals surface area contributed by atoms with Gasteiger partial charge in [0.2, 0.25) is 0 Å². The fraction of sp³-hybridized carbons (Fsp3) is 0.824. The molecule has 2 aliphatic rings. The number of aromatic nitrogens is 3. The monoisotopic (exact) mass is 318 g/mol. The van der Waals surface area contributed by atoms with E-state index in [9.17, 15) is 0 Å². The van der Waals surface area contributed by atoms with Crippen molar-refractivity contribution < 1.29 is 0 Å². The number of likely N-dealkylation sites (tertiary alicyclic amines) is 1. The number of rotatable bonds is 5. The SMILES string of the molecule is CN=C(NCCCCn1cnnc1)N1CCC2(CCCCC2)C1. The first kappa shape index (κ1) is 16.3. The summed E-state index contributed by atoms with van der Waals surface area (Å²) < 4.78 is 2.03. The largest absolute Gasteiger partial charge is 0.356 e. The maximum Gasteiger partial charge on any atom is 0.193 e. The molecule has 1 spiro atoms. The lowest BCUT2D eigenvalue weighted by Crippen LogP contribution is -2.42. The molecule has 1 saturated carbocycles. The fourth-order valence-electron chi connectivity index (χ4n) is 4.12. The van der Waals surface area contributed by atoms with Gasteiger partial charge in [-0.15, -0.1) is 10.2 Å². The van der Waals surface area contributed by atoms with Gasteiger partial charge in [0.05, 0.1) is 0 Å². The fourth-order valence-corrected chi connectivity index (χ4v) is 4.12. The van der Waals surface area contributed by atoms with Gasteiger partial charge in [0.25, 0.3) is 0 Å². The topological polar surface area (TPSA) is 58.3 Å². The standard InChI is InChI=1S/C17H30N6/c1-18-16(19-10-5-6-11-22-14-20-21-15-22)23-12-9-17(13-23)7-3-2-4-8-17/h14-15H,2-13H2,1H3,(H,18,19). The molecule has 6 nitrogen and oxygen atoms in total. The van der Waals surface area contributed by atoms with E-state index in [0.717, 1.165) is 31.9 Å². The Balaban J connectivity index is 1.38. The normalized spacial score (nSPS) is 21.1. The van der Waals surface area contributed by atoms with E-state index in [1.54, 1.807) is 12.7 Å². The average molecular weight is 318 g/mol. The third kappa shape index (κ3) is 4.24. The lowest BCUT2D eigenvalue weighted by molar-refractivity contribution is 0.203. The van der Waals surface area contributed by atoms with Crippen molar-refractivity contribution >= 4 is 5.96 Å². The summed E-state index contributed by atoms with van der Waals surface area (Å²) in [6, 6.07) is 0. The summed E-state index contributed by atoms with van der Waals surface area (Å²) in [5, 5.41) is 11.2. The Morgan fingerprint density at radius 2 is 1.91 bits per heavy atom. The van der Waals surface area contributed by atoms with Crippen molar-refractivity contribution in [2.75, 3.05) is 26.7 Å². The molecule has 0 amide bonds. The summed E-state index contributed by atoms with van der Waals surface area (Å²) in [7, 11) is 1.91. The molecule has 6 heteroatoms. The molecule has 128 valence electrons. The highest BCUT2D eigenvalue weighted by Gasteiger charge is 2.39. The maximum absolute atomic E-state index is 4.50. The predicted molar refractivity (Wildman–Crippen MR) is 92.3 cm³/mol. The molecule has 0 aromatic carbocycles. The Bertz CT molecular complexity index is 489. The molecule has 0 unspecified atom stereocenters. The molecule has 1 aliphatic heterocycles. The van der Waals surface area contributed by atoms with Crippen LogP contribution < -0.4 is 5.32 Å². The van der Waals surface area contributed by atoms with Gasteiger partial charge in [-0.2, -0.15) is 0 Å². The van der Waals surface area contributed by atoms with E-state index in [0.29, 0.717) is 5.41 Å². The number of hydrogen-bond acceptors (Lipinski definition) is 3. The summed E-state index contributed by atoms with van der Waals surface area (Å²) in [5.74, 6) is 1.09. The molecular formula is C17H30N6. The van der Waals surface area contributed by atoms with Crippen molar-refractivity contribution in [1.29, 1.82) is 0 Å². The van der Waals surface area contributed by atoms with E-state index in [1.165, 1.54) is 51.6 Å². The zero-order chi connectivity index (χ0) is 16.0. The Morgan fingerprint density at radius 1 is 1.13 bits per heavy atom. The summed E-state index contributed by atoms with van der Waals surface area (Å²) >= 11 is 0. The van der Waals surface area contributed by atoms with Gasteiger partial charge < -0.3 is 14.8 Å². The van der Waals surface area contributed by atoms with Gasteiger partial charge >= 0.3 is 0 Å². The Labute approximate surface area is 139 Å². The Kier molecular flexibility index (Phi) is 5.51. The summed E-state index contributed by atoms with van der Waals surface area (Å²) in [5.41, 5.74) is 0.588. The molecule has 1 saturated heterocycles. The number of guanidine groups is 1. The van der Waals surface area contributed by atoms with Crippen LogP contribution in [0.25, 0.3) is 0 Å². The average Bonchev–Trinajstić information content (AvgIpc) is 3.22. The molecule has 0 bridgehead atoms. The van der Waals surface area contributed by atoms with Crippen LogP contribution in [0.3, 0.4) is 0 Å². The number of nitrogens with one attached hydrogen (secondary N) is 1. The van der Waals surface area contributed by atoms with Crippen LogP contribution >= 0.6 is 0 Å². The van der Waals surface area contributed by atoms with Crippen molar-refractivity contribution in [3.05, 3.63) is 12.7 Å². The maximum atomic E-state index is 4.50. The van der Waals surface area contributed by atoms with Crippen LogP contribution in [0.1, 0.15) is 51.4 Å². The first-order chi connectivity index (χ1) is 11.3. The molecule has 23 heavy (non-hydrogen) atoms. The molecule has 1 N–H and O–H groups in total. The first-order valence-corrected chi connectivity index (χ1v) is 9.09. The van der Waals surface area contributed by atoms with E-state index in [4.69, 9.17) is 0 Å². The quantitative estimate of drug-likeness (QED) is 0.514. The second-order valence-corrected chi connectivity index (χ2v) is 7.11. The highest BCUT2D eigenvalue weighted by atomic mass is 15.3. The van der Waals surface area contributed by atoms with Crippen molar-refractivity contribution in [3.8, 4) is 0 Å². The molecule has 1 aromatic heterocycles. The minimum Gasteiger partial charge on any atom is -0.356 e. The number of nitrogens with zero attached hydrogens (tertiary/aromatic N) is 5. The number of aliphatic imine (C=N–C) groups is 1. The predicted octanol–water partition coefficient (Wildman–Crippen LogP) is 2.29. The van der Waals surface area contributed by atoms with Gasteiger partial charge in [-0.25, -0.2) is 0 Å². The highest BCUT2D eigenvalue weighted by molar-refractivity contribution is 5.80. The lowest BCUT2D eigenvalue weighted by Gasteiger charge is -2.33. The van der Waals surface area contributed by atoms with Crippen molar-refractivity contribution in [2.45, 2.75) is 57.9 Å². The smallest absolute Gasteiger partial charge is 0.193 e. The van der Waals surface area contributed by atoms with Crippen molar-refractivity contribution in [3.63, 3.8) is 0 Å². The molecule has 1 aliphatic carbocycles. The van der Waals surface area contributed by atoms with Crippen LogP contribution in [0.4, 0.5) is 0 Å². The zero-order valence-corrected chi connectivity index (χ0v) is 14.4. The number of unbranched alkanes of at least 4 members (excludes halogenated alkanes) is 1. The molecule has 1 aromatic rings. The second-order valence-electron chi connectivity index (χ2n) is 7.11. The zero-order valence-electron chi connectivity index (χ0n) is 14.4. The van der Waals surface area contributed by atoms with Crippen molar-refractivity contribution in [2.24, 2.45) is 10.4 Å². The minimum absolute atomic E-state index is 0.588. The van der Waals surface area contributed by atoms with Gasteiger partial charge in [0, 0.05) is 33.2 Å². The van der Waals surface area contributed by atoms with Crippen LogP contribution in [0.5, 0.6) is 0 Å². The number of hydrogen-bond donors (Lipinski definition) is 1. The third-order valence-electron chi connectivity index (χ3n) is 5.46. The van der Waals surface area contributed by atoms with Crippen LogP contribution in [0, 0.1) is 5.41 Å². The van der Waals surface area contributed by atoms with Gasteiger partial charge in [0.15, 0.2) is 5.96 Å². The van der Waals surface area contributed by atoms with E-state index in [-0.39, 0.29) is 0 Å². The Hall–Kier alpha value is -1.59. The van der Waals surface area contributed by atoms with E-state index < -0.39 is 0 Å². The third-order valence-corrected chi connectivity index (χ3v) is 5.46. The second kappa shape index (κ2) is 7.79. The minimum atomic E-state index is 0.588. The molecule has 2 heterocycles. The lowest BCUT2D eigenvalue weighted by atomic mass is 9.73. The van der Waals surface area contributed by atoms with Crippen LogP contribution in [0.15, 0.2) is 17.6 Å². The van der Waals surface area contributed by atoms with E-state index in [1.807, 2.05) is 11.6 Å².